The van der Waals surface area contributed by atoms with Crippen molar-refractivity contribution >= 4 is 0 Å². The summed E-state index contributed by atoms with van der Waals surface area (Å²) in [5.41, 5.74) is 4.97. The fourth-order valence-corrected chi connectivity index (χ4v) is 1.97. The van der Waals surface area contributed by atoms with E-state index in [-0.39, 0.29) is 0 Å². The highest BCUT2D eigenvalue weighted by atomic mass is 14.9. The monoisotopic (exact) mass is 240 g/mol. The molecule has 94 valence electrons. The minimum atomic E-state index is 0.494. The van der Waals surface area contributed by atoms with Gasteiger partial charge < -0.3 is 5.32 Å². The molecule has 0 atom stereocenters. The van der Waals surface area contributed by atoms with Crippen LogP contribution in [-0.4, -0.2) is 11.0 Å². The maximum atomic E-state index is 4.28. The van der Waals surface area contributed by atoms with E-state index < -0.39 is 0 Å². The van der Waals surface area contributed by atoms with Crippen LogP contribution in [0.3, 0.4) is 0 Å². The third kappa shape index (κ3) is 3.17. The highest BCUT2D eigenvalue weighted by molar-refractivity contribution is 5.66. The summed E-state index contributed by atoms with van der Waals surface area (Å²) in [5.74, 6) is 0. The van der Waals surface area contributed by atoms with Gasteiger partial charge in [0.1, 0.15) is 0 Å². The average molecular weight is 240 g/mol. The Labute approximate surface area is 109 Å². The van der Waals surface area contributed by atoms with Gasteiger partial charge in [-0.05, 0) is 29.7 Å². The summed E-state index contributed by atoms with van der Waals surface area (Å²) >= 11 is 0. The number of aromatic nitrogens is 1. The number of benzene rings is 1. The number of hydrogen-bond acceptors (Lipinski definition) is 2. The summed E-state index contributed by atoms with van der Waals surface area (Å²) in [6.07, 6.45) is 3.82. The van der Waals surface area contributed by atoms with Gasteiger partial charge in [0, 0.05) is 30.5 Å². The first-order chi connectivity index (χ1) is 8.66. The summed E-state index contributed by atoms with van der Waals surface area (Å²) in [7, 11) is 0. The number of hydrogen-bond donors (Lipinski definition) is 1. The summed E-state index contributed by atoms with van der Waals surface area (Å²) < 4.78 is 0. The molecule has 0 spiro atoms. The van der Waals surface area contributed by atoms with E-state index in [1.54, 1.807) is 0 Å². The highest BCUT2D eigenvalue weighted by Gasteiger charge is 2.05. The molecule has 0 aliphatic rings. The molecule has 0 amide bonds. The van der Waals surface area contributed by atoms with Crippen LogP contribution in [-0.2, 0) is 6.54 Å². The van der Waals surface area contributed by atoms with Gasteiger partial charge in [-0.3, -0.25) is 4.98 Å². The second-order valence-corrected chi connectivity index (χ2v) is 4.94. The van der Waals surface area contributed by atoms with E-state index >= 15 is 0 Å². The largest absolute Gasteiger partial charge is 0.310 e. The molecule has 2 nitrogen and oxygen atoms in total. The summed E-state index contributed by atoms with van der Waals surface area (Å²) in [6, 6.07) is 11.2. The van der Waals surface area contributed by atoms with Gasteiger partial charge in [0.15, 0.2) is 0 Å². The van der Waals surface area contributed by atoms with E-state index in [4.69, 9.17) is 0 Å². The predicted molar refractivity (Wildman–Crippen MR) is 76.4 cm³/mol. The number of nitrogens with one attached hydrogen (secondary N) is 1. The molecule has 18 heavy (non-hydrogen) atoms. The zero-order valence-corrected chi connectivity index (χ0v) is 11.3. The van der Waals surface area contributed by atoms with Crippen molar-refractivity contribution < 1.29 is 0 Å². The van der Waals surface area contributed by atoms with Gasteiger partial charge >= 0.3 is 0 Å². The Bertz CT molecular complexity index is 518. The van der Waals surface area contributed by atoms with Crippen molar-refractivity contribution in [3.8, 4) is 11.1 Å². The van der Waals surface area contributed by atoms with E-state index in [9.17, 15) is 0 Å². The molecule has 0 unspecified atom stereocenters. The van der Waals surface area contributed by atoms with Crippen molar-refractivity contribution in [1.82, 2.24) is 10.3 Å². The molecule has 0 radical (unpaired) electrons. The van der Waals surface area contributed by atoms with Crippen LogP contribution in [0.15, 0.2) is 42.7 Å². The lowest BCUT2D eigenvalue weighted by molar-refractivity contribution is 0.589. The SMILES string of the molecule is Cc1cncc(-c2ccccc2CNC(C)C)c1. The first-order valence-corrected chi connectivity index (χ1v) is 6.40. The van der Waals surface area contributed by atoms with E-state index in [1.807, 2.05) is 12.4 Å². The van der Waals surface area contributed by atoms with Crippen LogP contribution in [0.25, 0.3) is 11.1 Å². The van der Waals surface area contributed by atoms with Crippen molar-refractivity contribution in [3.05, 3.63) is 53.9 Å². The van der Waals surface area contributed by atoms with Crippen molar-refractivity contribution in [2.45, 2.75) is 33.4 Å². The fourth-order valence-electron chi connectivity index (χ4n) is 1.97. The Hall–Kier alpha value is -1.67. The van der Waals surface area contributed by atoms with Crippen LogP contribution in [0.5, 0.6) is 0 Å². The first kappa shape index (κ1) is 12.8. The van der Waals surface area contributed by atoms with Gasteiger partial charge in [-0.15, -0.1) is 0 Å². The standard InChI is InChI=1S/C16H20N2/c1-12(2)18-11-14-6-4-5-7-16(14)15-8-13(3)9-17-10-15/h4-10,12,18H,11H2,1-3H3. The quantitative estimate of drug-likeness (QED) is 0.884. The smallest absolute Gasteiger partial charge is 0.0346 e. The van der Waals surface area contributed by atoms with E-state index in [2.05, 4.69) is 61.4 Å². The van der Waals surface area contributed by atoms with Gasteiger partial charge in [-0.1, -0.05) is 38.1 Å². The maximum Gasteiger partial charge on any atom is 0.0346 e. The lowest BCUT2D eigenvalue weighted by Gasteiger charge is -2.12. The van der Waals surface area contributed by atoms with Gasteiger partial charge in [0.2, 0.25) is 0 Å². The number of pyridine rings is 1. The normalized spacial score (nSPS) is 10.9. The molecule has 1 heterocycles. The molecule has 0 aliphatic heterocycles. The molecule has 2 rings (SSSR count). The third-order valence-electron chi connectivity index (χ3n) is 2.90. The number of aryl methyl sites for hydroxylation is 1. The molecule has 1 N–H and O–H groups in total. The summed E-state index contributed by atoms with van der Waals surface area (Å²) in [6.45, 7) is 7.29. The Morgan fingerprint density at radius 3 is 2.67 bits per heavy atom. The van der Waals surface area contributed by atoms with Gasteiger partial charge in [0.25, 0.3) is 0 Å². The van der Waals surface area contributed by atoms with Crippen LogP contribution in [0.2, 0.25) is 0 Å². The lowest BCUT2D eigenvalue weighted by Crippen LogP contribution is -2.22. The molecular weight excluding hydrogens is 220 g/mol. The zero-order valence-electron chi connectivity index (χ0n) is 11.3. The summed E-state index contributed by atoms with van der Waals surface area (Å²) in [4.78, 5) is 4.28. The van der Waals surface area contributed by atoms with E-state index in [0.29, 0.717) is 6.04 Å². The van der Waals surface area contributed by atoms with Gasteiger partial charge in [-0.25, -0.2) is 0 Å². The van der Waals surface area contributed by atoms with Crippen LogP contribution < -0.4 is 5.32 Å². The molecule has 0 saturated carbocycles. The Kier molecular flexibility index (Phi) is 4.11. The molecule has 2 heteroatoms. The van der Waals surface area contributed by atoms with Crippen molar-refractivity contribution in [3.63, 3.8) is 0 Å². The molecule has 1 aromatic carbocycles. The van der Waals surface area contributed by atoms with Crippen molar-refractivity contribution in [2.24, 2.45) is 0 Å². The van der Waals surface area contributed by atoms with Gasteiger partial charge in [0.05, 0.1) is 0 Å². The Balaban J connectivity index is 2.32. The predicted octanol–water partition coefficient (Wildman–Crippen LogP) is 3.56. The van der Waals surface area contributed by atoms with Crippen LogP contribution >= 0.6 is 0 Å². The molecule has 2 aromatic rings. The minimum Gasteiger partial charge on any atom is -0.310 e. The molecule has 0 aliphatic carbocycles. The molecule has 0 saturated heterocycles. The maximum absolute atomic E-state index is 4.28. The van der Waals surface area contributed by atoms with Crippen LogP contribution in [0.1, 0.15) is 25.0 Å². The second kappa shape index (κ2) is 5.78. The minimum absolute atomic E-state index is 0.494. The van der Waals surface area contributed by atoms with Crippen molar-refractivity contribution in [2.75, 3.05) is 0 Å². The van der Waals surface area contributed by atoms with E-state index in [0.717, 1.165) is 6.54 Å². The first-order valence-electron chi connectivity index (χ1n) is 6.40. The second-order valence-electron chi connectivity index (χ2n) is 4.94. The van der Waals surface area contributed by atoms with Gasteiger partial charge in [-0.2, -0.15) is 0 Å². The Morgan fingerprint density at radius 1 is 1.17 bits per heavy atom. The third-order valence-corrected chi connectivity index (χ3v) is 2.90. The molecule has 0 fully saturated rings. The number of nitrogens with zero attached hydrogens (tertiary/aromatic N) is 1. The zero-order chi connectivity index (χ0) is 13.0. The molecule has 0 bridgehead atoms. The number of rotatable bonds is 4. The summed E-state index contributed by atoms with van der Waals surface area (Å²) in [5, 5.41) is 3.47. The topological polar surface area (TPSA) is 24.9 Å². The Morgan fingerprint density at radius 2 is 1.94 bits per heavy atom. The fraction of sp³-hybridized carbons (Fsp3) is 0.312. The molecular formula is C16H20N2. The molecule has 1 aromatic heterocycles. The van der Waals surface area contributed by atoms with Crippen LogP contribution in [0, 0.1) is 6.92 Å². The lowest BCUT2D eigenvalue weighted by atomic mass is 10.00. The van der Waals surface area contributed by atoms with Crippen LogP contribution in [0.4, 0.5) is 0 Å². The van der Waals surface area contributed by atoms with Crippen molar-refractivity contribution in [1.29, 1.82) is 0 Å². The highest BCUT2D eigenvalue weighted by Crippen LogP contribution is 2.23. The van der Waals surface area contributed by atoms with E-state index in [1.165, 1.54) is 22.3 Å². The average Bonchev–Trinajstić information content (AvgIpc) is 2.36.